The number of oxazole rings is 1. The van der Waals surface area contributed by atoms with Gasteiger partial charge >= 0.3 is 0 Å². The van der Waals surface area contributed by atoms with Gasteiger partial charge in [-0.15, -0.1) is 11.3 Å². The second-order valence-electron chi connectivity index (χ2n) is 7.07. The van der Waals surface area contributed by atoms with Crippen molar-refractivity contribution in [1.29, 1.82) is 5.26 Å². The van der Waals surface area contributed by atoms with Crippen LogP contribution in [0.1, 0.15) is 16.5 Å². The Balaban J connectivity index is 1.51. The van der Waals surface area contributed by atoms with Gasteiger partial charge in [0.25, 0.3) is 0 Å². The molecule has 0 unspecified atom stereocenters. The van der Waals surface area contributed by atoms with Crippen LogP contribution < -0.4 is 14.4 Å². The lowest BCUT2D eigenvalue weighted by molar-refractivity contribution is 0.364. The first-order chi connectivity index (χ1) is 16.0. The molecule has 9 nitrogen and oxygen atoms in total. The van der Waals surface area contributed by atoms with Crippen LogP contribution in [0.4, 0.5) is 5.88 Å². The van der Waals surface area contributed by atoms with E-state index in [0.29, 0.717) is 30.6 Å². The molecule has 0 spiro atoms. The lowest BCUT2D eigenvalue weighted by Crippen LogP contribution is -2.48. The SMILES string of the molecule is COc1ccc(OC)c(S(=O)(=O)N2CCN(c3oc(/C=C/c4cccs4)nc3C#N)CC2)c1. The quantitative estimate of drug-likeness (QED) is 0.500. The van der Waals surface area contributed by atoms with Crippen molar-refractivity contribution in [3.8, 4) is 17.6 Å². The Morgan fingerprint density at radius 3 is 2.58 bits per heavy atom. The summed E-state index contributed by atoms with van der Waals surface area (Å²) >= 11 is 1.58. The molecule has 0 aliphatic carbocycles. The maximum atomic E-state index is 13.3. The molecule has 1 saturated heterocycles. The molecular formula is C22H22N4O5S2. The Hall–Kier alpha value is -3.33. The normalized spacial score (nSPS) is 15.0. The summed E-state index contributed by atoms with van der Waals surface area (Å²) < 4.78 is 44.2. The van der Waals surface area contributed by atoms with E-state index in [2.05, 4.69) is 11.1 Å². The van der Waals surface area contributed by atoms with E-state index < -0.39 is 10.0 Å². The number of piperazine rings is 1. The zero-order valence-corrected chi connectivity index (χ0v) is 19.7. The van der Waals surface area contributed by atoms with Crippen LogP contribution in [0.3, 0.4) is 0 Å². The third kappa shape index (κ3) is 4.73. The molecular weight excluding hydrogens is 464 g/mol. The van der Waals surface area contributed by atoms with Gasteiger partial charge in [0, 0.05) is 43.2 Å². The molecule has 33 heavy (non-hydrogen) atoms. The maximum Gasteiger partial charge on any atom is 0.247 e. The number of nitrogens with zero attached hydrogens (tertiary/aromatic N) is 4. The minimum atomic E-state index is -3.81. The van der Waals surface area contributed by atoms with E-state index in [4.69, 9.17) is 13.9 Å². The molecule has 3 aromatic rings. The summed E-state index contributed by atoms with van der Waals surface area (Å²) in [4.78, 5) is 7.18. The molecule has 11 heteroatoms. The second kappa shape index (κ2) is 9.66. The van der Waals surface area contributed by atoms with Crippen LogP contribution in [0.2, 0.25) is 0 Å². The highest BCUT2D eigenvalue weighted by atomic mass is 32.2. The van der Waals surface area contributed by atoms with E-state index in [1.54, 1.807) is 29.5 Å². The Labute approximate surface area is 196 Å². The maximum absolute atomic E-state index is 13.3. The molecule has 1 aliphatic rings. The summed E-state index contributed by atoms with van der Waals surface area (Å²) in [5.41, 5.74) is 0.173. The van der Waals surface area contributed by atoms with Gasteiger partial charge in [-0.25, -0.2) is 8.42 Å². The molecule has 0 radical (unpaired) electrons. The van der Waals surface area contributed by atoms with Crippen molar-refractivity contribution in [3.05, 3.63) is 52.2 Å². The molecule has 0 bridgehead atoms. The Morgan fingerprint density at radius 1 is 1.15 bits per heavy atom. The molecule has 1 aromatic carbocycles. The fourth-order valence-electron chi connectivity index (χ4n) is 3.48. The Bertz CT molecular complexity index is 1280. The lowest BCUT2D eigenvalue weighted by atomic mass is 10.3. The average Bonchev–Trinajstić information content (AvgIpc) is 3.52. The molecule has 0 atom stereocenters. The summed E-state index contributed by atoms with van der Waals surface area (Å²) in [6.07, 6.45) is 3.58. The molecule has 0 N–H and O–H groups in total. The predicted molar refractivity (Wildman–Crippen MR) is 125 cm³/mol. The van der Waals surface area contributed by atoms with Crippen molar-refractivity contribution in [2.24, 2.45) is 0 Å². The monoisotopic (exact) mass is 486 g/mol. The largest absolute Gasteiger partial charge is 0.497 e. The third-order valence-corrected chi connectivity index (χ3v) is 7.94. The predicted octanol–water partition coefficient (Wildman–Crippen LogP) is 3.31. The minimum absolute atomic E-state index is 0.0520. The van der Waals surface area contributed by atoms with E-state index in [-0.39, 0.29) is 29.4 Å². The summed E-state index contributed by atoms with van der Waals surface area (Å²) in [5.74, 6) is 1.35. The highest BCUT2D eigenvalue weighted by Gasteiger charge is 2.33. The van der Waals surface area contributed by atoms with Gasteiger partial charge in [0.05, 0.1) is 14.2 Å². The Morgan fingerprint density at radius 2 is 1.94 bits per heavy atom. The average molecular weight is 487 g/mol. The third-order valence-electron chi connectivity index (χ3n) is 5.18. The number of benzene rings is 1. The van der Waals surface area contributed by atoms with Gasteiger partial charge in [-0.05, 0) is 29.7 Å². The summed E-state index contributed by atoms with van der Waals surface area (Å²) in [6, 6.07) is 10.6. The second-order valence-corrected chi connectivity index (χ2v) is 9.96. The van der Waals surface area contributed by atoms with Gasteiger partial charge in [-0.3, -0.25) is 0 Å². The summed E-state index contributed by atoms with van der Waals surface area (Å²) in [7, 11) is -0.902. The minimum Gasteiger partial charge on any atom is -0.497 e. The number of nitriles is 1. The van der Waals surface area contributed by atoms with Crippen molar-refractivity contribution < 1.29 is 22.3 Å². The van der Waals surface area contributed by atoms with Crippen LogP contribution >= 0.6 is 11.3 Å². The van der Waals surface area contributed by atoms with Crippen molar-refractivity contribution >= 4 is 39.4 Å². The number of hydrogen-bond donors (Lipinski definition) is 0. The zero-order valence-electron chi connectivity index (χ0n) is 18.1. The topological polar surface area (TPSA) is 109 Å². The van der Waals surface area contributed by atoms with Gasteiger partial charge in [-0.2, -0.15) is 14.6 Å². The van der Waals surface area contributed by atoms with Crippen LogP contribution in [-0.4, -0.2) is 58.1 Å². The van der Waals surface area contributed by atoms with Crippen LogP contribution in [0.5, 0.6) is 11.5 Å². The van der Waals surface area contributed by atoms with Crippen molar-refractivity contribution in [3.63, 3.8) is 0 Å². The number of thiophene rings is 1. The highest BCUT2D eigenvalue weighted by molar-refractivity contribution is 7.89. The van der Waals surface area contributed by atoms with Crippen molar-refractivity contribution in [2.75, 3.05) is 45.3 Å². The molecule has 1 aliphatic heterocycles. The van der Waals surface area contributed by atoms with E-state index in [9.17, 15) is 13.7 Å². The fraction of sp³-hybridized carbons (Fsp3) is 0.273. The van der Waals surface area contributed by atoms with E-state index in [1.807, 2.05) is 28.5 Å². The van der Waals surface area contributed by atoms with Crippen molar-refractivity contribution in [2.45, 2.75) is 4.90 Å². The first-order valence-electron chi connectivity index (χ1n) is 10.1. The first kappa shape index (κ1) is 22.8. The molecule has 4 rings (SSSR count). The zero-order chi connectivity index (χ0) is 23.4. The standard InChI is InChI=1S/C22H22N4O5S2/c1-29-16-5-7-19(30-2)20(14-16)33(27,28)26-11-9-25(10-12-26)22-18(15-23)24-21(31-22)8-6-17-4-3-13-32-17/h3-8,13-14H,9-12H2,1-2H3/b8-6+. The van der Waals surface area contributed by atoms with E-state index >= 15 is 0 Å². The number of methoxy groups -OCH3 is 2. The van der Waals surface area contributed by atoms with Crippen LogP contribution in [0, 0.1) is 11.3 Å². The number of ether oxygens (including phenoxy) is 2. The summed E-state index contributed by atoms with van der Waals surface area (Å²) in [5, 5.41) is 11.5. The smallest absolute Gasteiger partial charge is 0.247 e. The number of rotatable bonds is 7. The van der Waals surface area contributed by atoms with Crippen molar-refractivity contribution in [1.82, 2.24) is 9.29 Å². The molecule has 0 saturated carbocycles. The molecule has 3 heterocycles. The lowest BCUT2D eigenvalue weighted by Gasteiger charge is -2.33. The van der Waals surface area contributed by atoms with Gasteiger partial charge in [0.2, 0.25) is 27.5 Å². The summed E-state index contributed by atoms with van der Waals surface area (Å²) in [6.45, 7) is 1.14. The number of hydrogen-bond acceptors (Lipinski definition) is 9. The fourth-order valence-corrected chi connectivity index (χ4v) is 5.69. The first-order valence-corrected chi connectivity index (χ1v) is 12.4. The molecule has 2 aromatic heterocycles. The van der Waals surface area contributed by atoms with Gasteiger partial charge < -0.3 is 18.8 Å². The van der Waals surface area contributed by atoms with Gasteiger partial charge in [0.1, 0.15) is 22.5 Å². The van der Waals surface area contributed by atoms with Crippen LogP contribution in [0.25, 0.3) is 12.2 Å². The number of sulfonamides is 1. The molecule has 1 fully saturated rings. The molecule has 172 valence electrons. The van der Waals surface area contributed by atoms with Gasteiger partial charge in [0.15, 0.2) is 0 Å². The number of aromatic nitrogens is 1. The van der Waals surface area contributed by atoms with Crippen LogP contribution in [0.15, 0.2) is 45.0 Å². The van der Waals surface area contributed by atoms with E-state index in [1.165, 1.54) is 24.6 Å². The van der Waals surface area contributed by atoms with Gasteiger partial charge in [-0.1, -0.05) is 6.07 Å². The Kier molecular flexibility index (Phi) is 6.69. The molecule has 0 amide bonds. The number of anilines is 1. The highest BCUT2D eigenvalue weighted by Crippen LogP contribution is 2.32. The van der Waals surface area contributed by atoms with Crippen LogP contribution in [-0.2, 0) is 10.0 Å². The van der Waals surface area contributed by atoms with E-state index in [0.717, 1.165) is 4.88 Å².